The third kappa shape index (κ3) is 7.54. The largest absolute Gasteiger partial charge is 0.542 e. The molecule has 0 aromatic carbocycles. The Balaban J connectivity index is 4.07. The Bertz CT molecular complexity index is 1500. The van der Waals surface area contributed by atoms with Crippen LogP contribution in [-0.2, 0) is 23.7 Å². The molecule has 0 aromatic heterocycles. The number of esters is 1. The average molecular weight is 952 g/mol. The number of carbonyl (C=O) groups is 1. The molecule has 8 unspecified atom stereocenters. The summed E-state index contributed by atoms with van der Waals surface area (Å²) in [6, 6.07) is -8.65. The van der Waals surface area contributed by atoms with Crippen LogP contribution in [0.5, 0.6) is 0 Å². The second-order valence-electron chi connectivity index (χ2n) is 10.7. The van der Waals surface area contributed by atoms with Gasteiger partial charge in [0.2, 0.25) is 11.8 Å². The Morgan fingerprint density at radius 3 is 1.28 bits per heavy atom. The van der Waals surface area contributed by atoms with Crippen molar-refractivity contribution in [3.05, 3.63) is 0 Å². The van der Waals surface area contributed by atoms with Crippen molar-refractivity contribution in [3.63, 3.8) is 0 Å². The van der Waals surface area contributed by atoms with Crippen molar-refractivity contribution in [2.45, 2.75) is 108 Å². The fourth-order valence-corrected chi connectivity index (χ4v) is 3.84. The molecule has 346 valence electrons. The van der Waals surface area contributed by atoms with Gasteiger partial charge in [-0.3, -0.25) is 4.74 Å². The highest BCUT2D eigenvalue weighted by Gasteiger charge is 2.95. The lowest BCUT2D eigenvalue weighted by molar-refractivity contribution is -0.598. The Kier molecular flexibility index (Phi) is 12.8. The summed E-state index contributed by atoms with van der Waals surface area (Å²) in [7, 11) is 0. The van der Waals surface area contributed by atoms with Crippen molar-refractivity contribution in [2.24, 2.45) is 0 Å². The zero-order valence-electron chi connectivity index (χ0n) is 25.0. The third-order valence-corrected chi connectivity index (χ3v) is 6.87. The van der Waals surface area contributed by atoms with E-state index in [4.69, 9.17) is 0 Å². The van der Waals surface area contributed by atoms with Gasteiger partial charge < -0.3 is 4.74 Å². The maximum Gasteiger partial charge on any atom is 0.542 e. The van der Waals surface area contributed by atoms with Gasteiger partial charge >= 0.3 is 90.2 Å². The van der Waals surface area contributed by atoms with Crippen LogP contribution in [0.3, 0.4) is 0 Å². The molecule has 8 atom stereocenters. The van der Waals surface area contributed by atoms with E-state index in [0.717, 1.165) is 9.47 Å². The second-order valence-corrected chi connectivity index (χ2v) is 10.7. The first-order chi connectivity index (χ1) is 24.8. The fraction of sp³-hybridized carbons (Fsp3) is 0.950. The lowest BCUT2D eigenvalue weighted by Gasteiger charge is -2.50. The molecule has 0 spiro atoms. The Hall–Kier alpha value is -2.96. The summed E-state index contributed by atoms with van der Waals surface area (Å²) >= 11 is 0. The van der Waals surface area contributed by atoms with Crippen LogP contribution in [-0.4, -0.2) is 121 Å². The van der Waals surface area contributed by atoms with Crippen LogP contribution in [0.15, 0.2) is 0 Å². The minimum atomic E-state index is -9.06. The molecule has 0 aliphatic heterocycles. The van der Waals surface area contributed by atoms with E-state index in [1.165, 1.54) is 9.47 Å². The molecule has 1 fully saturated rings. The topological polar surface area (TPSA) is 54.0 Å². The maximum atomic E-state index is 15.3. The van der Waals surface area contributed by atoms with Gasteiger partial charge in [-0.1, -0.05) is 0 Å². The molecule has 1 aliphatic rings. The molecule has 1 aliphatic carbocycles. The van der Waals surface area contributed by atoms with Crippen molar-refractivity contribution in [1.82, 2.24) is 0 Å². The van der Waals surface area contributed by atoms with Crippen LogP contribution in [0.4, 0.5) is 145 Å². The van der Waals surface area contributed by atoms with Crippen molar-refractivity contribution in [2.75, 3.05) is 6.67 Å². The minimum Gasteiger partial charge on any atom is -0.374 e. The Labute approximate surface area is 291 Å². The van der Waals surface area contributed by atoms with Crippen molar-refractivity contribution in [1.29, 1.82) is 0 Å². The Morgan fingerprint density at radius 1 is 0.534 bits per heavy atom. The molecular formula is C20H5F33O5. The van der Waals surface area contributed by atoms with E-state index in [1.807, 2.05) is 0 Å². The van der Waals surface area contributed by atoms with Gasteiger partial charge in [0.1, 0.15) is 6.67 Å². The summed E-state index contributed by atoms with van der Waals surface area (Å²) in [5.41, 5.74) is -24.1. The molecule has 1 saturated carbocycles. The number of hydrogen-bond acceptors (Lipinski definition) is 5. The maximum absolute atomic E-state index is 15.3. The quantitative estimate of drug-likeness (QED) is 0.117. The van der Waals surface area contributed by atoms with Gasteiger partial charge in [-0.2, -0.15) is 105 Å². The lowest BCUT2D eigenvalue weighted by Crippen LogP contribution is -2.82. The smallest absolute Gasteiger partial charge is 0.374 e. The lowest BCUT2D eigenvalue weighted by atomic mass is 9.68. The SMILES string of the molecule is O=C(OC(F)(F)OC(F)(OC(F)(F)C(F)(OC(F)(F)C(F)(F)C(F)(F)F)C(F)(F)F)C(F)(F)F)C1(F)C(F)(F)C(F)C(F)C(F)(CF)C(F)C(F)(C(F)(F)F)C1(F)F. The minimum absolute atomic E-state index is 0.934. The number of halogens is 33. The van der Waals surface area contributed by atoms with E-state index >= 15 is 4.39 Å². The first-order valence-electron chi connectivity index (χ1n) is 12.6. The van der Waals surface area contributed by atoms with Crippen LogP contribution in [0, 0.1) is 0 Å². The monoisotopic (exact) mass is 952 g/mol. The molecule has 58 heavy (non-hydrogen) atoms. The van der Waals surface area contributed by atoms with Crippen LogP contribution in [0.1, 0.15) is 0 Å². The third-order valence-electron chi connectivity index (χ3n) is 6.87. The number of ether oxygens (including phenoxy) is 4. The van der Waals surface area contributed by atoms with E-state index in [0.29, 0.717) is 0 Å². The highest BCUT2D eigenvalue weighted by atomic mass is 19.4. The van der Waals surface area contributed by atoms with Crippen molar-refractivity contribution in [3.8, 4) is 0 Å². The zero-order chi connectivity index (χ0) is 47.3. The van der Waals surface area contributed by atoms with Gasteiger partial charge in [0.05, 0.1) is 0 Å². The molecule has 38 heteroatoms. The fourth-order valence-electron chi connectivity index (χ4n) is 3.84. The number of rotatable bonds is 11. The molecule has 0 radical (unpaired) electrons. The highest BCUT2D eigenvalue weighted by molar-refractivity contribution is 5.83. The standard InChI is InChI=1S/C20H5F33O5/c21-1-6(25)2(22)3(23)9(28,29)8(27,10(30,31)7(26,4(6)24)13(35,36)37)5(54)55-20(52,53)58-19(51,16(44,45)46)57-18(49,50)12(34,15(41,42)43)56-17(47,48)11(32,33)14(38,39)40/h2-4H,1H2. The number of hydrogen-bond donors (Lipinski definition) is 0. The van der Waals surface area contributed by atoms with Gasteiger partial charge in [0.15, 0.2) is 12.3 Å². The highest BCUT2D eigenvalue weighted by Crippen LogP contribution is 2.64. The van der Waals surface area contributed by atoms with Gasteiger partial charge in [0.25, 0.3) is 0 Å². The Morgan fingerprint density at radius 2 is 0.948 bits per heavy atom. The number of carbonyl (C=O) groups excluding carboxylic acids is 1. The molecule has 0 bridgehead atoms. The van der Waals surface area contributed by atoms with E-state index in [-0.39, 0.29) is 0 Å². The van der Waals surface area contributed by atoms with Gasteiger partial charge in [0, 0.05) is 0 Å². The second kappa shape index (κ2) is 14.0. The summed E-state index contributed by atoms with van der Waals surface area (Å²) in [6.45, 7) is -4.16. The molecule has 0 heterocycles. The van der Waals surface area contributed by atoms with Crippen LogP contribution >= 0.6 is 0 Å². The van der Waals surface area contributed by atoms with Gasteiger partial charge in [-0.25, -0.2) is 45.0 Å². The predicted octanol–water partition coefficient (Wildman–Crippen LogP) is 9.88. The predicted molar refractivity (Wildman–Crippen MR) is 103 cm³/mol. The average Bonchev–Trinajstić information content (AvgIpc) is 2.98. The summed E-state index contributed by atoms with van der Waals surface area (Å²) in [4.78, 5) is 11.8. The summed E-state index contributed by atoms with van der Waals surface area (Å²) < 4.78 is 456. The molecule has 0 aromatic rings. The summed E-state index contributed by atoms with van der Waals surface area (Å²) in [6.07, 6.45) is -78.8. The molecule has 0 N–H and O–H groups in total. The normalized spacial score (nSPS) is 31.8. The van der Waals surface area contributed by atoms with Crippen molar-refractivity contribution < 1.29 is 169 Å². The molecule has 0 saturated heterocycles. The van der Waals surface area contributed by atoms with E-state index < -0.39 is 121 Å². The first kappa shape index (κ1) is 53.1. The number of alkyl halides is 33. The van der Waals surface area contributed by atoms with E-state index in [2.05, 4.69) is 0 Å². The molecule has 1 rings (SSSR count). The summed E-state index contributed by atoms with van der Waals surface area (Å²) in [5.74, 6) is -40.7. The molecular weight excluding hydrogens is 947 g/mol. The van der Waals surface area contributed by atoms with Gasteiger partial charge in [-0.15, -0.1) is 8.78 Å². The van der Waals surface area contributed by atoms with Crippen LogP contribution in [0.2, 0.25) is 0 Å². The molecule has 0 amide bonds. The van der Waals surface area contributed by atoms with Crippen molar-refractivity contribution >= 4 is 5.97 Å². The van der Waals surface area contributed by atoms with E-state index in [9.17, 15) is 145 Å². The van der Waals surface area contributed by atoms with E-state index in [1.54, 1.807) is 0 Å². The van der Waals surface area contributed by atoms with Crippen LogP contribution < -0.4 is 0 Å². The zero-order valence-corrected chi connectivity index (χ0v) is 25.0. The van der Waals surface area contributed by atoms with Crippen LogP contribution in [0.25, 0.3) is 0 Å². The van der Waals surface area contributed by atoms with Gasteiger partial charge in [-0.05, 0) is 0 Å². The summed E-state index contributed by atoms with van der Waals surface area (Å²) in [5, 5.41) is 0. The first-order valence-corrected chi connectivity index (χ1v) is 12.6. The molecule has 5 nitrogen and oxygen atoms in total.